The molecule has 0 aromatic heterocycles. The zero-order chi connectivity index (χ0) is 12.1. The highest BCUT2D eigenvalue weighted by atomic mass is 32.2. The number of ether oxygens (including phenoxy) is 1. The fraction of sp³-hybridized carbons (Fsp3) is 0.364. The third kappa shape index (κ3) is 3.34. The Morgan fingerprint density at radius 1 is 1.56 bits per heavy atom. The summed E-state index contributed by atoms with van der Waals surface area (Å²) in [6.07, 6.45) is 0. The number of carboxylic acids is 1. The first kappa shape index (κ1) is 12.7. The van der Waals surface area contributed by atoms with E-state index < -0.39 is 5.97 Å². The second-order valence-electron chi connectivity index (χ2n) is 3.28. The molecule has 0 aliphatic rings. The lowest BCUT2D eigenvalue weighted by molar-refractivity contribution is -0.133. The zero-order valence-electron chi connectivity index (χ0n) is 9.14. The van der Waals surface area contributed by atoms with Crippen LogP contribution < -0.4 is 4.74 Å². The summed E-state index contributed by atoms with van der Waals surface area (Å²) in [6, 6.07) is 5.03. The molecule has 0 unspecified atom stereocenters. The van der Waals surface area contributed by atoms with E-state index in [1.54, 1.807) is 18.2 Å². The fourth-order valence-electron chi connectivity index (χ4n) is 1.24. The van der Waals surface area contributed by atoms with Crippen molar-refractivity contribution in [1.29, 1.82) is 0 Å². The monoisotopic (exact) mass is 242 g/mol. The maximum atomic E-state index is 10.4. The molecule has 1 rings (SSSR count). The number of aliphatic carboxylic acids is 1. The first-order valence-electron chi connectivity index (χ1n) is 4.75. The Labute approximate surface area is 98.2 Å². The van der Waals surface area contributed by atoms with E-state index in [-0.39, 0.29) is 16.8 Å². The summed E-state index contributed by atoms with van der Waals surface area (Å²) in [7, 11) is 1.48. The number of carbonyl (C=O) groups is 1. The van der Waals surface area contributed by atoms with Crippen LogP contribution in [0.15, 0.2) is 18.2 Å². The first-order chi connectivity index (χ1) is 7.54. The van der Waals surface area contributed by atoms with Gasteiger partial charge in [0.05, 0.1) is 12.9 Å². The van der Waals surface area contributed by atoms with Gasteiger partial charge in [0.15, 0.2) is 11.5 Å². The number of thioether (sulfide) groups is 1. The average molecular weight is 242 g/mol. The van der Waals surface area contributed by atoms with Gasteiger partial charge in [-0.3, -0.25) is 4.79 Å². The molecular weight excluding hydrogens is 228 g/mol. The van der Waals surface area contributed by atoms with E-state index in [0.29, 0.717) is 5.75 Å². The quantitative estimate of drug-likeness (QED) is 0.829. The molecule has 2 N–H and O–H groups in total. The molecule has 0 radical (unpaired) electrons. The van der Waals surface area contributed by atoms with Crippen LogP contribution >= 0.6 is 11.8 Å². The van der Waals surface area contributed by atoms with E-state index in [0.717, 1.165) is 5.56 Å². The highest BCUT2D eigenvalue weighted by molar-refractivity contribution is 8.00. The molecule has 88 valence electrons. The summed E-state index contributed by atoms with van der Waals surface area (Å²) in [5.41, 5.74) is 0.931. The molecule has 4 nitrogen and oxygen atoms in total. The van der Waals surface area contributed by atoms with Crippen LogP contribution in [0.25, 0.3) is 0 Å². The Kier molecular flexibility index (Phi) is 4.49. The van der Waals surface area contributed by atoms with Crippen molar-refractivity contribution in [2.45, 2.75) is 12.2 Å². The van der Waals surface area contributed by atoms with Crippen molar-refractivity contribution in [2.24, 2.45) is 0 Å². The lowest BCUT2D eigenvalue weighted by Crippen LogP contribution is -2.00. The van der Waals surface area contributed by atoms with Gasteiger partial charge in [-0.1, -0.05) is 6.07 Å². The van der Waals surface area contributed by atoms with Gasteiger partial charge in [0.25, 0.3) is 0 Å². The largest absolute Gasteiger partial charge is 0.504 e. The number of hydrogen-bond acceptors (Lipinski definition) is 4. The van der Waals surface area contributed by atoms with Crippen molar-refractivity contribution in [3.05, 3.63) is 23.8 Å². The van der Waals surface area contributed by atoms with Crippen molar-refractivity contribution in [3.63, 3.8) is 0 Å². The third-order valence-electron chi connectivity index (χ3n) is 2.13. The molecule has 1 atom stereocenters. The van der Waals surface area contributed by atoms with Gasteiger partial charge in [-0.25, -0.2) is 0 Å². The number of carboxylic acid groups (broad SMARTS) is 1. The minimum Gasteiger partial charge on any atom is -0.504 e. The van der Waals surface area contributed by atoms with E-state index in [4.69, 9.17) is 9.84 Å². The third-order valence-corrected chi connectivity index (χ3v) is 3.32. The van der Waals surface area contributed by atoms with E-state index >= 15 is 0 Å². The molecule has 5 heteroatoms. The van der Waals surface area contributed by atoms with Crippen LogP contribution in [0.4, 0.5) is 0 Å². The number of aromatic hydroxyl groups is 1. The summed E-state index contributed by atoms with van der Waals surface area (Å²) in [6.45, 7) is 1.92. The van der Waals surface area contributed by atoms with Crippen LogP contribution in [0.2, 0.25) is 0 Å². The molecule has 0 amide bonds. The van der Waals surface area contributed by atoms with E-state index in [9.17, 15) is 9.90 Å². The summed E-state index contributed by atoms with van der Waals surface area (Å²) >= 11 is 1.33. The first-order valence-corrected chi connectivity index (χ1v) is 5.79. The maximum absolute atomic E-state index is 10.4. The average Bonchev–Trinajstić information content (AvgIpc) is 2.26. The van der Waals surface area contributed by atoms with Gasteiger partial charge in [-0.05, 0) is 24.6 Å². The molecule has 16 heavy (non-hydrogen) atoms. The van der Waals surface area contributed by atoms with Gasteiger partial charge < -0.3 is 14.9 Å². The highest BCUT2D eigenvalue weighted by Crippen LogP contribution is 2.34. The minimum absolute atomic E-state index is 0.0469. The topological polar surface area (TPSA) is 66.8 Å². The molecule has 0 bridgehead atoms. The molecule has 0 aliphatic heterocycles. The molecule has 0 saturated carbocycles. The maximum Gasteiger partial charge on any atom is 0.313 e. The Hall–Kier alpha value is -1.36. The molecule has 1 aromatic carbocycles. The summed E-state index contributed by atoms with van der Waals surface area (Å²) in [4.78, 5) is 10.4. The number of benzene rings is 1. The molecule has 1 aromatic rings. The Morgan fingerprint density at radius 3 is 2.81 bits per heavy atom. The van der Waals surface area contributed by atoms with E-state index in [2.05, 4.69) is 0 Å². The van der Waals surface area contributed by atoms with Gasteiger partial charge >= 0.3 is 5.97 Å². The number of phenols is 1. The number of methoxy groups -OCH3 is 1. The highest BCUT2D eigenvalue weighted by Gasteiger charge is 2.11. The van der Waals surface area contributed by atoms with Crippen LogP contribution in [0.1, 0.15) is 17.7 Å². The molecule has 0 spiro atoms. The Bertz CT molecular complexity index is 378. The predicted molar refractivity (Wildman–Crippen MR) is 63.2 cm³/mol. The van der Waals surface area contributed by atoms with Crippen molar-refractivity contribution < 1.29 is 19.7 Å². The van der Waals surface area contributed by atoms with Crippen LogP contribution in [0.5, 0.6) is 11.5 Å². The summed E-state index contributed by atoms with van der Waals surface area (Å²) in [5, 5.41) is 18.0. The summed E-state index contributed by atoms with van der Waals surface area (Å²) < 4.78 is 4.99. The van der Waals surface area contributed by atoms with Crippen molar-refractivity contribution in [1.82, 2.24) is 0 Å². The van der Waals surface area contributed by atoms with E-state index in [1.807, 2.05) is 6.92 Å². The zero-order valence-corrected chi connectivity index (χ0v) is 9.95. The van der Waals surface area contributed by atoms with Crippen molar-refractivity contribution in [3.8, 4) is 11.5 Å². The van der Waals surface area contributed by atoms with Crippen molar-refractivity contribution in [2.75, 3.05) is 12.9 Å². The molecule has 0 heterocycles. The van der Waals surface area contributed by atoms with Gasteiger partial charge in [-0.2, -0.15) is 0 Å². The lowest BCUT2D eigenvalue weighted by Gasteiger charge is -2.12. The second-order valence-corrected chi connectivity index (χ2v) is 4.61. The van der Waals surface area contributed by atoms with Crippen LogP contribution in [0.3, 0.4) is 0 Å². The van der Waals surface area contributed by atoms with Gasteiger partial charge in [0.1, 0.15) is 0 Å². The smallest absolute Gasteiger partial charge is 0.313 e. The molecule has 0 fully saturated rings. The SMILES string of the molecule is COc1cc([C@H](C)SCC(=O)O)ccc1O. The predicted octanol–water partition coefficient (Wildman–Crippen LogP) is 2.28. The normalized spacial score (nSPS) is 12.1. The van der Waals surface area contributed by atoms with Gasteiger partial charge in [-0.15, -0.1) is 11.8 Å². The van der Waals surface area contributed by atoms with Crippen LogP contribution in [0, 0.1) is 0 Å². The standard InChI is InChI=1S/C11H14O4S/c1-7(16-6-11(13)14)8-3-4-9(12)10(5-8)15-2/h3-5,7,12H,6H2,1-2H3,(H,13,14)/t7-/m0/s1. The number of rotatable bonds is 5. The number of phenolic OH excluding ortho intramolecular Hbond substituents is 1. The fourth-order valence-corrected chi connectivity index (χ4v) is 1.97. The Balaban J connectivity index is 2.75. The van der Waals surface area contributed by atoms with Crippen LogP contribution in [-0.4, -0.2) is 29.0 Å². The molecular formula is C11H14O4S. The second kappa shape index (κ2) is 5.65. The molecule has 0 saturated heterocycles. The lowest BCUT2D eigenvalue weighted by atomic mass is 10.1. The van der Waals surface area contributed by atoms with E-state index in [1.165, 1.54) is 18.9 Å². The molecule has 0 aliphatic carbocycles. The van der Waals surface area contributed by atoms with Gasteiger partial charge in [0, 0.05) is 5.25 Å². The van der Waals surface area contributed by atoms with Gasteiger partial charge in [0.2, 0.25) is 0 Å². The minimum atomic E-state index is -0.831. The Morgan fingerprint density at radius 2 is 2.25 bits per heavy atom. The number of hydrogen-bond donors (Lipinski definition) is 2. The summed E-state index contributed by atoms with van der Waals surface area (Å²) in [5.74, 6) is -0.283. The van der Waals surface area contributed by atoms with Crippen LogP contribution in [-0.2, 0) is 4.79 Å². The van der Waals surface area contributed by atoms with Crippen molar-refractivity contribution >= 4 is 17.7 Å².